The summed E-state index contributed by atoms with van der Waals surface area (Å²) in [6, 6.07) is 8.34. The highest BCUT2D eigenvalue weighted by Gasteiger charge is 2.23. The molecule has 1 aromatic carbocycles. The molecule has 17 heavy (non-hydrogen) atoms. The molecule has 0 saturated carbocycles. The van der Waals surface area contributed by atoms with Crippen LogP contribution in [0.25, 0.3) is 0 Å². The Kier molecular flexibility index (Phi) is 2.32. The van der Waals surface area contributed by atoms with Gasteiger partial charge in [0.1, 0.15) is 0 Å². The van der Waals surface area contributed by atoms with Gasteiger partial charge in [0.2, 0.25) is 0 Å². The van der Waals surface area contributed by atoms with Gasteiger partial charge >= 0.3 is 0 Å². The zero-order chi connectivity index (χ0) is 11.7. The van der Waals surface area contributed by atoms with Gasteiger partial charge in [0, 0.05) is 6.04 Å². The SMILES string of the molecule is O=C(NC1Cc2ccccc2C1)c1nn[nH]n1. The van der Waals surface area contributed by atoms with E-state index < -0.39 is 0 Å². The van der Waals surface area contributed by atoms with Crippen LogP contribution in [-0.4, -0.2) is 32.6 Å². The number of hydrogen-bond donors (Lipinski definition) is 2. The van der Waals surface area contributed by atoms with E-state index in [4.69, 9.17) is 0 Å². The van der Waals surface area contributed by atoms with Gasteiger partial charge in [0.15, 0.2) is 0 Å². The van der Waals surface area contributed by atoms with E-state index in [9.17, 15) is 4.79 Å². The van der Waals surface area contributed by atoms with E-state index in [1.807, 2.05) is 12.1 Å². The number of carbonyl (C=O) groups excluding carboxylic acids is 1. The van der Waals surface area contributed by atoms with Gasteiger partial charge in [-0.1, -0.05) is 24.3 Å². The molecule has 0 atom stereocenters. The lowest BCUT2D eigenvalue weighted by atomic mass is 10.1. The summed E-state index contributed by atoms with van der Waals surface area (Å²) in [6.07, 6.45) is 1.72. The highest BCUT2D eigenvalue weighted by molar-refractivity contribution is 5.90. The quantitative estimate of drug-likeness (QED) is 0.764. The molecular weight excluding hydrogens is 218 g/mol. The summed E-state index contributed by atoms with van der Waals surface area (Å²) in [6.45, 7) is 0. The van der Waals surface area contributed by atoms with Crippen LogP contribution in [0.1, 0.15) is 21.7 Å². The molecule has 1 aliphatic carbocycles. The van der Waals surface area contributed by atoms with Crippen LogP contribution in [0.3, 0.4) is 0 Å². The van der Waals surface area contributed by atoms with E-state index >= 15 is 0 Å². The summed E-state index contributed by atoms with van der Waals surface area (Å²) < 4.78 is 0. The first-order valence-electron chi connectivity index (χ1n) is 5.44. The summed E-state index contributed by atoms with van der Waals surface area (Å²) in [7, 11) is 0. The van der Waals surface area contributed by atoms with Gasteiger partial charge < -0.3 is 5.32 Å². The van der Waals surface area contributed by atoms with Gasteiger partial charge in [-0.05, 0) is 29.2 Å². The van der Waals surface area contributed by atoms with E-state index in [2.05, 4.69) is 38.1 Å². The lowest BCUT2D eigenvalue weighted by molar-refractivity contribution is 0.0928. The second-order valence-electron chi connectivity index (χ2n) is 4.08. The lowest BCUT2D eigenvalue weighted by Gasteiger charge is -2.09. The van der Waals surface area contributed by atoms with Crippen LogP contribution in [0.15, 0.2) is 24.3 Å². The molecule has 1 heterocycles. The Labute approximate surface area is 97.4 Å². The molecule has 0 unspecified atom stereocenters. The fourth-order valence-corrected chi connectivity index (χ4v) is 2.17. The van der Waals surface area contributed by atoms with Crippen LogP contribution in [-0.2, 0) is 12.8 Å². The van der Waals surface area contributed by atoms with Crippen molar-refractivity contribution < 1.29 is 4.79 Å². The minimum absolute atomic E-state index is 0.0842. The number of aromatic amines is 1. The van der Waals surface area contributed by atoms with E-state index in [1.165, 1.54) is 11.1 Å². The molecule has 1 aliphatic rings. The zero-order valence-electron chi connectivity index (χ0n) is 9.05. The van der Waals surface area contributed by atoms with Gasteiger partial charge in [0.25, 0.3) is 11.7 Å². The number of nitrogens with one attached hydrogen (secondary N) is 2. The smallest absolute Gasteiger partial charge is 0.293 e. The number of carbonyl (C=O) groups is 1. The molecule has 86 valence electrons. The average molecular weight is 229 g/mol. The third-order valence-electron chi connectivity index (χ3n) is 2.93. The lowest BCUT2D eigenvalue weighted by Crippen LogP contribution is -2.35. The molecule has 2 aromatic rings. The Hall–Kier alpha value is -2.24. The van der Waals surface area contributed by atoms with Crippen molar-refractivity contribution in [3.8, 4) is 0 Å². The van der Waals surface area contributed by atoms with Crippen molar-refractivity contribution in [2.75, 3.05) is 0 Å². The molecule has 0 spiro atoms. The Morgan fingerprint density at radius 3 is 2.59 bits per heavy atom. The third kappa shape index (κ3) is 1.89. The first kappa shape index (κ1) is 9.95. The molecule has 6 heteroatoms. The van der Waals surface area contributed by atoms with Gasteiger partial charge in [-0.2, -0.15) is 5.21 Å². The molecule has 0 radical (unpaired) electrons. The Bertz CT molecular complexity index is 512. The summed E-state index contributed by atoms with van der Waals surface area (Å²) in [5.74, 6) is -0.197. The molecule has 6 nitrogen and oxygen atoms in total. The Morgan fingerprint density at radius 2 is 2.00 bits per heavy atom. The van der Waals surface area contributed by atoms with Gasteiger partial charge in [0.05, 0.1) is 0 Å². The average Bonchev–Trinajstić information content (AvgIpc) is 2.97. The molecule has 1 amide bonds. The molecule has 0 saturated heterocycles. The second kappa shape index (κ2) is 3.97. The van der Waals surface area contributed by atoms with E-state index in [1.54, 1.807) is 0 Å². The van der Waals surface area contributed by atoms with Crippen molar-refractivity contribution in [1.29, 1.82) is 0 Å². The summed E-state index contributed by atoms with van der Waals surface area (Å²) in [4.78, 5) is 11.7. The molecule has 0 aliphatic heterocycles. The fraction of sp³-hybridized carbons (Fsp3) is 0.273. The predicted molar refractivity (Wildman–Crippen MR) is 59.3 cm³/mol. The minimum atomic E-state index is -0.281. The normalized spacial score (nSPS) is 14.6. The van der Waals surface area contributed by atoms with Crippen LogP contribution in [0.2, 0.25) is 0 Å². The van der Waals surface area contributed by atoms with Crippen molar-refractivity contribution in [3.63, 3.8) is 0 Å². The standard InChI is InChI=1S/C11H11N5O/c17-11(10-13-15-16-14-10)12-9-5-7-3-1-2-4-8(7)6-9/h1-4,9H,5-6H2,(H,12,17)(H,13,14,15,16). The Morgan fingerprint density at radius 1 is 1.29 bits per heavy atom. The van der Waals surface area contributed by atoms with Crippen molar-refractivity contribution in [3.05, 3.63) is 41.2 Å². The number of aromatic nitrogens is 4. The molecule has 3 rings (SSSR count). The van der Waals surface area contributed by atoms with E-state index in [0.29, 0.717) is 0 Å². The number of H-pyrrole nitrogens is 1. The maximum atomic E-state index is 11.7. The molecule has 0 fully saturated rings. The van der Waals surface area contributed by atoms with Crippen LogP contribution in [0.4, 0.5) is 0 Å². The van der Waals surface area contributed by atoms with Crippen LogP contribution >= 0.6 is 0 Å². The maximum Gasteiger partial charge on any atom is 0.293 e. The number of benzene rings is 1. The predicted octanol–water partition coefficient (Wildman–Crippen LogP) is 0.0969. The van der Waals surface area contributed by atoms with Gasteiger partial charge in [-0.3, -0.25) is 4.79 Å². The number of fused-ring (bicyclic) bond motifs is 1. The van der Waals surface area contributed by atoms with Crippen LogP contribution < -0.4 is 5.32 Å². The van der Waals surface area contributed by atoms with Crippen molar-refractivity contribution in [1.82, 2.24) is 25.9 Å². The third-order valence-corrected chi connectivity index (χ3v) is 2.93. The number of tetrazole rings is 1. The molecular formula is C11H11N5O. The summed E-state index contributed by atoms with van der Waals surface area (Å²) >= 11 is 0. The second-order valence-corrected chi connectivity index (χ2v) is 4.08. The van der Waals surface area contributed by atoms with Crippen molar-refractivity contribution in [2.24, 2.45) is 0 Å². The zero-order valence-corrected chi connectivity index (χ0v) is 9.05. The molecule has 0 bridgehead atoms. The number of rotatable bonds is 2. The number of amides is 1. The number of hydrogen-bond acceptors (Lipinski definition) is 4. The highest BCUT2D eigenvalue weighted by Crippen LogP contribution is 2.21. The van der Waals surface area contributed by atoms with Crippen molar-refractivity contribution in [2.45, 2.75) is 18.9 Å². The maximum absolute atomic E-state index is 11.7. The monoisotopic (exact) mass is 229 g/mol. The Balaban J connectivity index is 1.68. The number of nitrogens with zero attached hydrogens (tertiary/aromatic N) is 3. The van der Waals surface area contributed by atoms with Crippen LogP contribution in [0.5, 0.6) is 0 Å². The summed E-state index contributed by atoms with van der Waals surface area (Å²) in [5, 5.41) is 15.8. The molecule has 2 N–H and O–H groups in total. The van der Waals surface area contributed by atoms with Gasteiger partial charge in [-0.15, -0.1) is 10.2 Å². The molecule has 1 aromatic heterocycles. The first-order chi connectivity index (χ1) is 8.33. The largest absolute Gasteiger partial charge is 0.346 e. The highest BCUT2D eigenvalue weighted by atomic mass is 16.2. The van der Waals surface area contributed by atoms with Crippen molar-refractivity contribution >= 4 is 5.91 Å². The van der Waals surface area contributed by atoms with E-state index in [0.717, 1.165) is 12.8 Å². The first-order valence-corrected chi connectivity index (χ1v) is 5.44. The summed E-state index contributed by atoms with van der Waals surface area (Å²) in [5.41, 5.74) is 2.59. The van der Waals surface area contributed by atoms with E-state index in [-0.39, 0.29) is 17.8 Å². The van der Waals surface area contributed by atoms with Gasteiger partial charge in [-0.25, -0.2) is 0 Å². The minimum Gasteiger partial charge on any atom is -0.346 e. The van der Waals surface area contributed by atoms with Crippen LogP contribution in [0, 0.1) is 0 Å². The fourth-order valence-electron chi connectivity index (χ4n) is 2.17. The topological polar surface area (TPSA) is 83.6 Å².